The van der Waals surface area contributed by atoms with Crippen molar-refractivity contribution in [1.29, 1.82) is 0 Å². The van der Waals surface area contributed by atoms with E-state index in [2.05, 4.69) is 33.1 Å². The van der Waals surface area contributed by atoms with Gasteiger partial charge in [-0.2, -0.15) is 0 Å². The van der Waals surface area contributed by atoms with Gasteiger partial charge in [0.05, 0.1) is 13.7 Å². The molecule has 2 heterocycles. The number of carbonyl (C=O) groups is 1. The molecular formula is C19H20N2O2S2. The molecular weight excluding hydrogens is 352 g/mol. The zero-order chi connectivity index (χ0) is 17.5. The highest BCUT2D eigenvalue weighted by molar-refractivity contribution is 7.10. The van der Waals surface area contributed by atoms with E-state index >= 15 is 0 Å². The van der Waals surface area contributed by atoms with Crippen molar-refractivity contribution in [3.05, 3.63) is 69.0 Å². The molecule has 0 aliphatic carbocycles. The highest BCUT2D eigenvalue weighted by atomic mass is 32.1. The van der Waals surface area contributed by atoms with Crippen LogP contribution >= 0.6 is 22.7 Å². The second kappa shape index (κ2) is 8.80. The van der Waals surface area contributed by atoms with Crippen LogP contribution < -0.4 is 10.1 Å². The summed E-state index contributed by atoms with van der Waals surface area (Å²) in [7, 11) is 1.62. The summed E-state index contributed by atoms with van der Waals surface area (Å²) in [5, 5.41) is 7.08. The van der Waals surface area contributed by atoms with Crippen LogP contribution in [0, 0.1) is 0 Å². The van der Waals surface area contributed by atoms with Gasteiger partial charge in [-0.25, -0.2) is 0 Å². The van der Waals surface area contributed by atoms with Crippen LogP contribution in [0.25, 0.3) is 0 Å². The molecule has 1 amide bonds. The molecule has 0 unspecified atom stereocenters. The van der Waals surface area contributed by atoms with Crippen molar-refractivity contribution in [2.75, 3.05) is 19.0 Å². The summed E-state index contributed by atoms with van der Waals surface area (Å²) in [5.74, 6) is 0.702. The lowest BCUT2D eigenvalue weighted by molar-refractivity contribution is -0.117. The van der Waals surface area contributed by atoms with Gasteiger partial charge in [-0.3, -0.25) is 9.69 Å². The van der Waals surface area contributed by atoms with E-state index in [4.69, 9.17) is 4.74 Å². The van der Waals surface area contributed by atoms with Gasteiger partial charge in [0.1, 0.15) is 5.75 Å². The molecule has 0 saturated carbocycles. The normalized spacial score (nSPS) is 10.8. The Morgan fingerprint density at radius 3 is 2.28 bits per heavy atom. The van der Waals surface area contributed by atoms with E-state index in [9.17, 15) is 4.79 Å². The minimum Gasteiger partial charge on any atom is -0.497 e. The maximum Gasteiger partial charge on any atom is 0.238 e. The fraction of sp³-hybridized carbons (Fsp3) is 0.211. The molecule has 0 atom stereocenters. The lowest BCUT2D eigenvalue weighted by Gasteiger charge is -2.20. The number of benzene rings is 1. The van der Waals surface area contributed by atoms with Crippen LogP contribution in [0.5, 0.6) is 5.75 Å². The number of nitrogens with one attached hydrogen (secondary N) is 1. The van der Waals surface area contributed by atoms with Crippen molar-refractivity contribution in [3.8, 4) is 5.75 Å². The third-order valence-electron chi connectivity index (χ3n) is 3.64. The number of methoxy groups -OCH3 is 1. The molecule has 0 aliphatic rings. The number of carbonyl (C=O) groups excluding carboxylic acids is 1. The average Bonchev–Trinajstić information content (AvgIpc) is 3.29. The largest absolute Gasteiger partial charge is 0.497 e. The van der Waals surface area contributed by atoms with Crippen LogP contribution in [-0.4, -0.2) is 24.5 Å². The van der Waals surface area contributed by atoms with Crippen molar-refractivity contribution < 1.29 is 9.53 Å². The Bertz CT molecular complexity index is 749. The van der Waals surface area contributed by atoms with Crippen molar-refractivity contribution in [2.24, 2.45) is 0 Å². The minimum atomic E-state index is -0.0265. The Hall–Kier alpha value is -2.15. The van der Waals surface area contributed by atoms with Crippen LogP contribution in [-0.2, 0) is 17.9 Å². The number of rotatable bonds is 8. The summed E-state index contributed by atoms with van der Waals surface area (Å²) in [6, 6.07) is 15.7. The lowest BCUT2D eigenvalue weighted by atomic mass is 10.3. The summed E-state index contributed by atoms with van der Waals surface area (Å²) in [5.41, 5.74) is 0.747. The van der Waals surface area contributed by atoms with Crippen molar-refractivity contribution in [2.45, 2.75) is 13.1 Å². The lowest BCUT2D eigenvalue weighted by Crippen LogP contribution is -2.32. The maximum absolute atomic E-state index is 12.5. The molecule has 0 radical (unpaired) electrons. The molecule has 0 spiro atoms. The second-order valence-corrected chi connectivity index (χ2v) is 7.65. The standard InChI is InChI=1S/C19H20N2O2S2/c1-23-16-6-2-5-15(11-16)20-19(22)14-21(12-17-7-3-9-24-17)13-18-8-4-10-25-18/h2-11H,12-14H2,1H3,(H,20,22). The first-order valence-electron chi connectivity index (χ1n) is 7.94. The highest BCUT2D eigenvalue weighted by Gasteiger charge is 2.14. The van der Waals surface area contributed by atoms with Crippen molar-refractivity contribution >= 4 is 34.3 Å². The Labute approximate surface area is 155 Å². The Morgan fingerprint density at radius 2 is 1.72 bits per heavy atom. The average molecular weight is 373 g/mol. The van der Waals surface area contributed by atoms with Crippen molar-refractivity contribution in [1.82, 2.24) is 4.90 Å². The Morgan fingerprint density at radius 1 is 1.04 bits per heavy atom. The van der Waals surface area contributed by atoms with Crippen LogP contribution in [0.2, 0.25) is 0 Å². The number of hydrogen-bond donors (Lipinski definition) is 1. The fourth-order valence-electron chi connectivity index (χ4n) is 2.52. The summed E-state index contributed by atoms with van der Waals surface area (Å²) >= 11 is 3.43. The van der Waals surface area contributed by atoms with Gasteiger partial charge in [0.15, 0.2) is 0 Å². The van der Waals surface area contributed by atoms with E-state index in [0.29, 0.717) is 6.54 Å². The predicted octanol–water partition coefficient (Wildman–Crippen LogP) is 4.46. The van der Waals surface area contributed by atoms with Crippen molar-refractivity contribution in [3.63, 3.8) is 0 Å². The van der Waals surface area contributed by atoms with Gasteiger partial charge in [0.25, 0.3) is 0 Å². The van der Waals surface area contributed by atoms with E-state index in [-0.39, 0.29) is 5.91 Å². The number of ether oxygens (including phenoxy) is 1. The summed E-state index contributed by atoms with van der Waals surface area (Å²) in [4.78, 5) is 17.2. The first-order valence-corrected chi connectivity index (χ1v) is 9.70. The van der Waals surface area contributed by atoms with E-state index in [1.54, 1.807) is 29.8 Å². The first-order chi connectivity index (χ1) is 12.2. The Kier molecular flexibility index (Phi) is 6.22. The molecule has 130 valence electrons. The SMILES string of the molecule is COc1cccc(NC(=O)CN(Cc2cccs2)Cc2cccs2)c1. The molecule has 2 aromatic heterocycles. The van der Waals surface area contributed by atoms with E-state index in [1.165, 1.54) is 9.75 Å². The second-order valence-electron chi connectivity index (χ2n) is 5.58. The molecule has 0 bridgehead atoms. The third-order valence-corrected chi connectivity index (χ3v) is 5.36. The molecule has 0 fully saturated rings. The fourth-order valence-corrected chi connectivity index (χ4v) is 4.01. The molecule has 3 aromatic rings. The zero-order valence-electron chi connectivity index (χ0n) is 14.0. The summed E-state index contributed by atoms with van der Waals surface area (Å²) in [6.45, 7) is 1.87. The van der Waals surface area contributed by atoms with Gasteiger partial charge in [-0.15, -0.1) is 22.7 Å². The van der Waals surface area contributed by atoms with Gasteiger partial charge in [-0.05, 0) is 35.0 Å². The minimum absolute atomic E-state index is 0.0265. The molecule has 0 saturated heterocycles. The first kappa shape index (κ1) is 17.7. The van der Waals surface area contributed by atoms with Gasteiger partial charge in [0.2, 0.25) is 5.91 Å². The van der Waals surface area contributed by atoms with Crippen LogP contribution in [0.15, 0.2) is 59.3 Å². The maximum atomic E-state index is 12.5. The number of amides is 1. The predicted molar refractivity (Wildman–Crippen MR) is 104 cm³/mol. The summed E-state index contributed by atoms with van der Waals surface area (Å²) in [6.07, 6.45) is 0. The summed E-state index contributed by atoms with van der Waals surface area (Å²) < 4.78 is 5.20. The highest BCUT2D eigenvalue weighted by Crippen LogP contribution is 2.19. The molecule has 25 heavy (non-hydrogen) atoms. The van der Waals surface area contributed by atoms with Gasteiger partial charge >= 0.3 is 0 Å². The molecule has 3 rings (SSSR count). The molecule has 1 N–H and O–H groups in total. The zero-order valence-corrected chi connectivity index (χ0v) is 15.6. The Balaban J connectivity index is 1.64. The number of nitrogens with zero attached hydrogens (tertiary/aromatic N) is 1. The van der Waals surface area contributed by atoms with Gasteiger partial charge < -0.3 is 10.1 Å². The topological polar surface area (TPSA) is 41.6 Å². The number of anilines is 1. The smallest absolute Gasteiger partial charge is 0.238 e. The third kappa shape index (κ3) is 5.42. The number of hydrogen-bond acceptors (Lipinski definition) is 5. The van der Waals surface area contributed by atoms with Gasteiger partial charge in [-0.1, -0.05) is 18.2 Å². The van der Waals surface area contributed by atoms with Gasteiger partial charge in [0, 0.05) is 34.6 Å². The van der Waals surface area contributed by atoms with E-state index in [0.717, 1.165) is 24.5 Å². The monoisotopic (exact) mass is 372 g/mol. The molecule has 4 nitrogen and oxygen atoms in total. The van der Waals surface area contributed by atoms with Crippen LogP contribution in [0.3, 0.4) is 0 Å². The quantitative estimate of drug-likeness (QED) is 0.635. The molecule has 0 aliphatic heterocycles. The van der Waals surface area contributed by atoms with E-state index < -0.39 is 0 Å². The molecule has 1 aromatic carbocycles. The number of thiophene rings is 2. The van der Waals surface area contributed by atoms with Crippen LogP contribution in [0.4, 0.5) is 5.69 Å². The molecule has 6 heteroatoms. The van der Waals surface area contributed by atoms with E-state index in [1.807, 2.05) is 36.4 Å². The van der Waals surface area contributed by atoms with Crippen LogP contribution in [0.1, 0.15) is 9.75 Å².